The standard InChI is InChI=1S/C22H24N4O6S/c1-22(14-6-4-3-5-7-14)20(28)26(21(29)24-22)13-19(27)23-17-12-16(10-11-18(17)32-2)33(30,31)25-15-8-9-15/h3-7,10-12,15,25H,8-9,13H2,1-2H3,(H,23,27)(H,24,29). The number of hydrogen-bond acceptors (Lipinski definition) is 6. The number of carbonyl (C=O) groups is 3. The summed E-state index contributed by atoms with van der Waals surface area (Å²) in [5.41, 5.74) is -0.591. The van der Waals surface area contributed by atoms with Crippen molar-refractivity contribution in [1.29, 1.82) is 0 Å². The van der Waals surface area contributed by atoms with Crippen LogP contribution in [0, 0.1) is 0 Å². The smallest absolute Gasteiger partial charge is 0.325 e. The van der Waals surface area contributed by atoms with E-state index in [1.54, 1.807) is 37.3 Å². The molecule has 4 amide bonds. The Kier molecular flexibility index (Phi) is 5.85. The number of ether oxygens (including phenoxy) is 1. The molecule has 1 aliphatic carbocycles. The zero-order valence-corrected chi connectivity index (χ0v) is 18.9. The molecule has 0 radical (unpaired) electrons. The molecule has 1 heterocycles. The van der Waals surface area contributed by atoms with Crippen molar-refractivity contribution in [1.82, 2.24) is 14.9 Å². The van der Waals surface area contributed by atoms with Crippen molar-refractivity contribution in [3.05, 3.63) is 54.1 Å². The molecule has 1 aliphatic heterocycles. The molecular formula is C22H24N4O6S. The Morgan fingerprint density at radius 2 is 1.88 bits per heavy atom. The van der Waals surface area contributed by atoms with Crippen molar-refractivity contribution < 1.29 is 27.5 Å². The van der Waals surface area contributed by atoms with Crippen molar-refractivity contribution in [2.75, 3.05) is 19.0 Å². The number of imide groups is 1. The zero-order chi connectivity index (χ0) is 23.8. The van der Waals surface area contributed by atoms with E-state index in [-0.39, 0.29) is 22.4 Å². The van der Waals surface area contributed by atoms with Crippen LogP contribution in [0.15, 0.2) is 53.4 Å². The predicted molar refractivity (Wildman–Crippen MR) is 119 cm³/mol. The Bertz CT molecular complexity index is 1210. The summed E-state index contributed by atoms with van der Waals surface area (Å²) in [6, 6.07) is 12.0. The first-order chi connectivity index (χ1) is 15.6. The molecule has 0 bridgehead atoms. The number of rotatable bonds is 8. The Labute approximate surface area is 191 Å². The molecule has 0 aromatic heterocycles. The van der Waals surface area contributed by atoms with Gasteiger partial charge in [-0.05, 0) is 43.5 Å². The third-order valence-corrected chi connectivity index (χ3v) is 7.10. The van der Waals surface area contributed by atoms with Gasteiger partial charge in [0.25, 0.3) is 5.91 Å². The number of hydrogen-bond donors (Lipinski definition) is 3. The van der Waals surface area contributed by atoms with Gasteiger partial charge in [0.05, 0.1) is 17.7 Å². The summed E-state index contributed by atoms with van der Waals surface area (Å²) < 4.78 is 32.8. The second kappa shape index (κ2) is 8.49. The molecule has 11 heteroatoms. The van der Waals surface area contributed by atoms with Crippen LogP contribution in [0.5, 0.6) is 5.75 Å². The van der Waals surface area contributed by atoms with Gasteiger partial charge < -0.3 is 15.4 Å². The lowest BCUT2D eigenvalue weighted by atomic mass is 9.92. The van der Waals surface area contributed by atoms with Crippen molar-refractivity contribution in [3.63, 3.8) is 0 Å². The van der Waals surface area contributed by atoms with Gasteiger partial charge in [-0.3, -0.25) is 14.5 Å². The summed E-state index contributed by atoms with van der Waals surface area (Å²) in [7, 11) is -2.37. The maximum atomic E-state index is 13.0. The van der Waals surface area contributed by atoms with Crippen LogP contribution in [0.3, 0.4) is 0 Å². The Hall–Kier alpha value is -3.44. The van der Waals surface area contributed by atoms with Crippen molar-refractivity contribution >= 4 is 33.6 Å². The van der Waals surface area contributed by atoms with Gasteiger partial charge in [-0.25, -0.2) is 17.9 Å². The molecule has 10 nitrogen and oxygen atoms in total. The van der Waals surface area contributed by atoms with E-state index in [2.05, 4.69) is 15.4 Å². The van der Waals surface area contributed by atoms with E-state index in [0.29, 0.717) is 5.56 Å². The minimum absolute atomic E-state index is 0.0304. The highest BCUT2D eigenvalue weighted by Crippen LogP contribution is 2.31. The maximum Gasteiger partial charge on any atom is 0.325 e. The number of methoxy groups -OCH3 is 1. The molecule has 0 spiro atoms. The lowest BCUT2D eigenvalue weighted by Crippen LogP contribution is -2.42. The molecule has 1 saturated heterocycles. The quantitative estimate of drug-likeness (QED) is 0.499. The second-order valence-electron chi connectivity index (χ2n) is 8.12. The van der Waals surface area contributed by atoms with Crippen LogP contribution >= 0.6 is 0 Å². The highest BCUT2D eigenvalue weighted by molar-refractivity contribution is 7.89. The molecule has 2 aromatic rings. The highest BCUT2D eigenvalue weighted by atomic mass is 32.2. The van der Waals surface area contributed by atoms with Gasteiger partial charge in [0, 0.05) is 6.04 Å². The van der Waals surface area contributed by atoms with Crippen LogP contribution in [-0.4, -0.2) is 50.9 Å². The van der Waals surface area contributed by atoms with E-state index in [4.69, 9.17) is 4.74 Å². The van der Waals surface area contributed by atoms with E-state index in [1.165, 1.54) is 25.3 Å². The molecule has 1 saturated carbocycles. The maximum absolute atomic E-state index is 13.0. The Morgan fingerprint density at radius 3 is 2.52 bits per heavy atom. The van der Waals surface area contributed by atoms with Gasteiger partial charge >= 0.3 is 6.03 Å². The number of urea groups is 1. The highest BCUT2D eigenvalue weighted by Gasteiger charge is 2.49. The summed E-state index contributed by atoms with van der Waals surface area (Å²) in [6.07, 6.45) is 1.57. The molecule has 3 N–H and O–H groups in total. The average molecular weight is 473 g/mol. The Morgan fingerprint density at radius 1 is 1.18 bits per heavy atom. The van der Waals surface area contributed by atoms with E-state index in [1.807, 2.05) is 0 Å². The third kappa shape index (κ3) is 4.55. The number of benzene rings is 2. The predicted octanol–water partition coefficient (Wildman–Crippen LogP) is 1.54. The third-order valence-electron chi connectivity index (χ3n) is 5.58. The van der Waals surface area contributed by atoms with E-state index in [0.717, 1.165) is 17.7 Å². The molecule has 4 rings (SSSR count). The fraction of sp³-hybridized carbons (Fsp3) is 0.318. The van der Waals surface area contributed by atoms with Crippen molar-refractivity contribution in [2.45, 2.75) is 36.2 Å². The van der Waals surface area contributed by atoms with E-state index >= 15 is 0 Å². The molecule has 2 aliphatic rings. The van der Waals surface area contributed by atoms with Crippen LogP contribution in [0.25, 0.3) is 0 Å². The summed E-state index contributed by atoms with van der Waals surface area (Å²) in [6.45, 7) is 1.03. The monoisotopic (exact) mass is 472 g/mol. The van der Waals surface area contributed by atoms with Gasteiger partial charge in [0.1, 0.15) is 17.8 Å². The number of carbonyl (C=O) groups excluding carboxylic acids is 3. The lowest BCUT2D eigenvalue weighted by Gasteiger charge is -2.22. The average Bonchev–Trinajstić information content (AvgIpc) is 3.57. The number of amides is 4. The summed E-state index contributed by atoms with van der Waals surface area (Å²) >= 11 is 0. The minimum atomic E-state index is -3.75. The van der Waals surface area contributed by atoms with Gasteiger partial charge in [-0.1, -0.05) is 30.3 Å². The van der Waals surface area contributed by atoms with Crippen LogP contribution < -0.4 is 20.1 Å². The molecule has 174 valence electrons. The summed E-state index contributed by atoms with van der Waals surface area (Å²) in [5.74, 6) is -1.01. The first-order valence-corrected chi connectivity index (χ1v) is 11.8. The fourth-order valence-corrected chi connectivity index (χ4v) is 4.91. The van der Waals surface area contributed by atoms with Crippen LogP contribution in [0.1, 0.15) is 25.3 Å². The van der Waals surface area contributed by atoms with Crippen LogP contribution in [-0.2, 0) is 25.2 Å². The molecule has 2 aromatic carbocycles. The van der Waals surface area contributed by atoms with Crippen molar-refractivity contribution in [3.8, 4) is 5.75 Å². The topological polar surface area (TPSA) is 134 Å². The lowest BCUT2D eigenvalue weighted by molar-refractivity contribution is -0.133. The number of nitrogens with one attached hydrogen (secondary N) is 3. The van der Waals surface area contributed by atoms with Crippen LogP contribution in [0.2, 0.25) is 0 Å². The van der Waals surface area contributed by atoms with Gasteiger partial charge in [-0.2, -0.15) is 0 Å². The molecule has 2 fully saturated rings. The minimum Gasteiger partial charge on any atom is -0.495 e. The zero-order valence-electron chi connectivity index (χ0n) is 18.1. The van der Waals surface area contributed by atoms with E-state index in [9.17, 15) is 22.8 Å². The van der Waals surface area contributed by atoms with Gasteiger partial charge in [-0.15, -0.1) is 0 Å². The number of nitrogens with zero attached hydrogens (tertiary/aromatic N) is 1. The molecule has 1 unspecified atom stereocenters. The van der Waals surface area contributed by atoms with Crippen molar-refractivity contribution in [2.24, 2.45) is 0 Å². The summed E-state index contributed by atoms with van der Waals surface area (Å²) in [5, 5.41) is 5.18. The molecule has 1 atom stereocenters. The normalized spacial score (nSPS) is 20.5. The molecular weight excluding hydrogens is 448 g/mol. The summed E-state index contributed by atoms with van der Waals surface area (Å²) in [4.78, 5) is 39.0. The largest absolute Gasteiger partial charge is 0.495 e. The fourth-order valence-electron chi connectivity index (χ4n) is 3.58. The Balaban J connectivity index is 1.51. The van der Waals surface area contributed by atoms with Crippen LogP contribution in [0.4, 0.5) is 10.5 Å². The first kappa shape index (κ1) is 22.7. The van der Waals surface area contributed by atoms with E-state index < -0.39 is 40.0 Å². The van der Waals surface area contributed by atoms with Gasteiger partial charge in [0.2, 0.25) is 15.9 Å². The number of sulfonamides is 1. The second-order valence-corrected chi connectivity index (χ2v) is 9.83. The van der Waals surface area contributed by atoms with Gasteiger partial charge in [0.15, 0.2) is 0 Å². The molecule has 33 heavy (non-hydrogen) atoms. The SMILES string of the molecule is COc1ccc(S(=O)(=O)NC2CC2)cc1NC(=O)CN1C(=O)NC(C)(c2ccccc2)C1=O. The first-order valence-electron chi connectivity index (χ1n) is 10.3. The number of anilines is 1.